The van der Waals surface area contributed by atoms with Crippen molar-refractivity contribution >= 4 is 55.9 Å². The van der Waals surface area contributed by atoms with E-state index >= 15 is 0 Å². The third-order valence-electron chi connectivity index (χ3n) is 5.87. The smallest absolute Gasteiger partial charge is 0.239 e. The lowest BCUT2D eigenvalue weighted by Gasteiger charge is -2.29. The molecule has 0 aliphatic carbocycles. The first kappa shape index (κ1) is 18.7. The summed E-state index contributed by atoms with van der Waals surface area (Å²) in [5.41, 5.74) is 4.12. The maximum atomic E-state index is 13.2. The minimum absolute atomic E-state index is 0.0745. The Balaban J connectivity index is 1.37. The fraction of sp³-hybridized carbons (Fsp3) is 0.273. The Morgan fingerprint density at radius 3 is 2.86 bits per heavy atom. The summed E-state index contributed by atoms with van der Waals surface area (Å²) in [7, 11) is 0. The number of fused-ring (bicyclic) bond motifs is 3. The number of carbonyl (C=O) groups is 2. The molecule has 2 aliphatic heterocycles. The molecule has 2 aromatic carbocycles. The van der Waals surface area contributed by atoms with Gasteiger partial charge in [0.05, 0.1) is 0 Å². The zero-order valence-electron chi connectivity index (χ0n) is 15.6. The number of anilines is 1. The van der Waals surface area contributed by atoms with Crippen molar-refractivity contribution in [3.05, 3.63) is 63.2 Å². The maximum absolute atomic E-state index is 13.2. The van der Waals surface area contributed by atoms with Crippen LogP contribution in [0.3, 0.4) is 0 Å². The lowest BCUT2D eigenvalue weighted by atomic mass is 10.0. The number of benzene rings is 2. The van der Waals surface area contributed by atoms with E-state index in [-0.39, 0.29) is 11.8 Å². The van der Waals surface area contributed by atoms with Gasteiger partial charge in [-0.2, -0.15) is 0 Å². The number of rotatable bonds is 2. The number of nitrogens with zero attached hydrogens (tertiary/aromatic N) is 2. The zero-order chi connectivity index (χ0) is 20.1. The summed E-state index contributed by atoms with van der Waals surface area (Å²) in [6, 6.07) is 13.4. The van der Waals surface area contributed by atoms with Crippen molar-refractivity contribution in [1.82, 2.24) is 9.88 Å². The van der Waals surface area contributed by atoms with Crippen LogP contribution < -0.4 is 4.90 Å². The van der Waals surface area contributed by atoms with Crippen LogP contribution in [0.4, 0.5) is 5.69 Å². The fourth-order valence-electron chi connectivity index (χ4n) is 4.40. The normalized spacial score (nSPS) is 19.1. The Morgan fingerprint density at radius 2 is 2.03 bits per heavy atom. The third-order valence-corrected chi connectivity index (χ3v) is 6.60. The largest absolute Gasteiger partial charge is 0.358 e. The molecule has 0 spiro atoms. The van der Waals surface area contributed by atoms with Crippen molar-refractivity contribution in [1.29, 1.82) is 0 Å². The van der Waals surface area contributed by atoms with Crippen LogP contribution in [0.5, 0.6) is 0 Å². The molecule has 0 saturated carbocycles. The van der Waals surface area contributed by atoms with Crippen LogP contribution in [0.25, 0.3) is 10.9 Å². The third kappa shape index (κ3) is 3.24. The number of hydrogen-bond acceptors (Lipinski definition) is 2. The van der Waals surface area contributed by atoms with E-state index in [4.69, 9.17) is 11.6 Å². The van der Waals surface area contributed by atoms with Crippen molar-refractivity contribution in [2.45, 2.75) is 19.4 Å². The number of aromatic amines is 1. The average molecular weight is 473 g/mol. The second kappa shape index (κ2) is 7.18. The van der Waals surface area contributed by atoms with Crippen molar-refractivity contribution in [3.8, 4) is 0 Å². The predicted octanol–water partition coefficient (Wildman–Crippen LogP) is 4.52. The Kier molecular flexibility index (Phi) is 4.63. The van der Waals surface area contributed by atoms with Crippen molar-refractivity contribution in [2.24, 2.45) is 5.92 Å². The summed E-state index contributed by atoms with van der Waals surface area (Å²) in [6.45, 7) is 1.69. The molecule has 2 amide bonds. The molecule has 1 aromatic heterocycles. The van der Waals surface area contributed by atoms with Crippen LogP contribution in [-0.4, -0.2) is 34.8 Å². The van der Waals surface area contributed by atoms with Gasteiger partial charge in [0.2, 0.25) is 11.8 Å². The standard InChI is InChI=1S/C22H19BrClN3O2/c23-13-2-1-3-15(10-13)27-9-6-16(22(27)29)21(28)26-8-7-20-18(12-26)17-11-14(24)4-5-19(17)25-20/h1-5,10-11,16,25H,6-9,12H2. The Labute approximate surface area is 181 Å². The van der Waals surface area contributed by atoms with Gasteiger partial charge in [-0.15, -0.1) is 0 Å². The number of halogens is 2. The molecule has 7 heteroatoms. The van der Waals surface area contributed by atoms with Gasteiger partial charge in [-0.25, -0.2) is 0 Å². The fourth-order valence-corrected chi connectivity index (χ4v) is 4.96. The minimum atomic E-state index is -0.607. The molecule has 2 aliphatic rings. The Morgan fingerprint density at radius 1 is 1.17 bits per heavy atom. The van der Waals surface area contributed by atoms with E-state index in [9.17, 15) is 9.59 Å². The lowest BCUT2D eigenvalue weighted by molar-refractivity contribution is -0.140. The molecule has 1 fully saturated rings. The predicted molar refractivity (Wildman–Crippen MR) is 117 cm³/mol. The highest BCUT2D eigenvalue weighted by atomic mass is 79.9. The lowest BCUT2D eigenvalue weighted by Crippen LogP contribution is -2.42. The quantitative estimate of drug-likeness (QED) is 0.558. The SMILES string of the molecule is O=C(C1CCN(c2cccc(Br)c2)C1=O)N1CCc2[nH]c3ccc(Cl)cc3c2C1. The molecule has 3 heterocycles. The van der Waals surface area contributed by atoms with Crippen molar-refractivity contribution in [3.63, 3.8) is 0 Å². The van der Waals surface area contributed by atoms with Crippen molar-refractivity contribution in [2.75, 3.05) is 18.0 Å². The number of carbonyl (C=O) groups excluding carboxylic acids is 2. The van der Waals surface area contributed by atoms with E-state index < -0.39 is 5.92 Å². The number of H-pyrrole nitrogens is 1. The summed E-state index contributed by atoms with van der Waals surface area (Å²) in [4.78, 5) is 33.2. The molecule has 5 nitrogen and oxygen atoms in total. The van der Waals surface area contributed by atoms with Gasteiger partial charge in [0.15, 0.2) is 0 Å². The number of hydrogen-bond donors (Lipinski definition) is 1. The van der Waals surface area contributed by atoms with E-state index in [1.807, 2.05) is 47.4 Å². The summed E-state index contributed by atoms with van der Waals surface area (Å²) < 4.78 is 0.916. The van der Waals surface area contributed by atoms with Crippen LogP contribution in [0.1, 0.15) is 17.7 Å². The monoisotopic (exact) mass is 471 g/mol. The summed E-state index contributed by atoms with van der Waals surface area (Å²) in [6.07, 6.45) is 1.30. The molecule has 0 radical (unpaired) electrons. The van der Waals surface area contributed by atoms with Crippen LogP contribution in [0.15, 0.2) is 46.9 Å². The first-order valence-corrected chi connectivity index (χ1v) is 10.8. The molecular formula is C22H19BrClN3O2. The van der Waals surface area contributed by atoms with E-state index in [0.29, 0.717) is 31.1 Å². The van der Waals surface area contributed by atoms with E-state index in [1.54, 1.807) is 4.90 Å². The average Bonchev–Trinajstić information content (AvgIpc) is 3.27. The van der Waals surface area contributed by atoms with E-state index in [2.05, 4.69) is 20.9 Å². The number of aromatic nitrogens is 1. The topological polar surface area (TPSA) is 56.4 Å². The molecular weight excluding hydrogens is 454 g/mol. The van der Waals surface area contributed by atoms with Gasteiger partial charge in [-0.05, 0) is 42.8 Å². The highest BCUT2D eigenvalue weighted by Crippen LogP contribution is 2.32. The molecule has 1 N–H and O–H groups in total. The Hall–Kier alpha value is -2.31. The highest BCUT2D eigenvalue weighted by Gasteiger charge is 2.40. The molecule has 29 heavy (non-hydrogen) atoms. The summed E-state index contributed by atoms with van der Waals surface area (Å²) in [5.74, 6) is -0.792. The highest BCUT2D eigenvalue weighted by molar-refractivity contribution is 9.10. The van der Waals surface area contributed by atoms with Crippen LogP contribution >= 0.6 is 27.5 Å². The van der Waals surface area contributed by atoms with Gasteiger partial charge in [-0.3, -0.25) is 9.59 Å². The summed E-state index contributed by atoms with van der Waals surface area (Å²) >= 11 is 9.62. The molecule has 3 aromatic rings. The minimum Gasteiger partial charge on any atom is -0.358 e. The van der Waals surface area contributed by atoms with Gasteiger partial charge in [0, 0.05) is 63.4 Å². The van der Waals surface area contributed by atoms with E-state index in [0.717, 1.165) is 38.7 Å². The maximum Gasteiger partial charge on any atom is 0.239 e. The van der Waals surface area contributed by atoms with E-state index in [1.165, 1.54) is 0 Å². The molecule has 0 bridgehead atoms. The molecule has 1 atom stereocenters. The molecule has 5 rings (SSSR count). The Bertz CT molecular complexity index is 1140. The van der Waals surface area contributed by atoms with Gasteiger partial charge in [-0.1, -0.05) is 33.6 Å². The number of nitrogens with one attached hydrogen (secondary N) is 1. The second-order valence-electron chi connectivity index (χ2n) is 7.59. The van der Waals surface area contributed by atoms with Crippen molar-refractivity contribution < 1.29 is 9.59 Å². The number of amides is 2. The van der Waals surface area contributed by atoms with Crippen LogP contribution in [0.2, 0.25) is 5.02 Å². The first-order chi connectivity index (χ1) is 14.0. The van der Waals surface area contributed by atoms with Gasteiger partial charge in [0.1, 0.15) is 5.92 Å². The molecule has 148 valence electrons. The molecule has 1 saturated heterocycles. The summed E-state index contributed by atoms with van der Waals surface area (Å²) in [5, 5.41) is 1.73. The first-order valence-electron chi connectivity index (χ1n) is 9.66. The van der Waals surface area contributed by atoms with Gasteiger partial charge >= 0.3 is 0 Å². The zero-order valence-corrected chi connectivity index (χ0v) is 18.0. The van der Waals surface area contributed by atoms with Gasteiger partial charge in [0.25, 0.3) is 0 Å². The van der Waals surface area contributed by atoms with Gasteiger partial charge < -0.3 is 14.8 Å². The second-order valence-corrected chi connectivity index (χ2v) is 8.94. The molecule has 1 unspecified atom stereocenters. The van der Waals surface area contributed by atoms with Crippen LogP contribution in [-0.2, 0) is 22.6 Å². The van der Waals surface area contributed by atoms with Crippen LogP contribution in [0, 0.1) is 5.92 Å².